The van der Waals surface area contributed by atoms with Crippen molar-refractivity contribution >= 4 is 24.3 Å². The van der Waals surface area contributed by atoms with E-state index in [2.05, 4.69) is 196 Å². The van der Waals surface area contributed by atoms with Gasteiger partial charge in [-0.2, -0.15) is 0 Å². The van der Waals surface area contributed by atoms with Crippen LogP contribution in [0.3, 0.4) is 0 Å². The number of hydrogen-bond donors (Lipinski definition) is 12. The van der Waals surface area contributed by atoms with E-state index >= 15 is 0 Å². The Bertz CT molecular complexity index is 4540. The number of carbonyl (C=O) groups is 4. The fourth-order valence-corrected chi connectivity index (χ4v) is 39.5. The number of aliphatic hydroxyl groups excluding tert-OH is 12. The van der Waals surface area contributed by atoms with E-state index < -0.39 is 11.5 Å². The first-order valence-corrected chi connectivity index (χ1v) is 56.8. The number of methoxy groups -OCH3 is 1. The van der Waals surface area contributed by atoms with E-state index in [9.17, 15) is 80.5 Å². The van der Waals surface area contributed by atoms with Gasteiger partial charge in [0.2, 0.25) is 0 Å². The first-order valence-electron chi connectivity index (χ1n) is 56.8. The molecule has 0 spiro atoms. The molecule has 0 amide bonds. The molecule has 796 valence electrons. The van der Waals surface area contributed by atoms with Gasteiger partial charge in [-0.05, 0) is 433 Å². The van der Waals surface area contributed by atoms with Crippen molar-refractivity contribution < 1.29 is 85.2 Å². The highest BCUT2D eigenvalue weighted by molar-refractivity contribution is 5.89. The second kappa shape index (κ2) is 42.0. The third-order valence-electron chi connectivity index (χ3n) is 48.6. The van der Waals surface area contributed by atoms with Crippen LogP contribution >= 0.6 is 0 Å². The number of rotatable bonds is 8. The molecule has 12 fully saturated rings. The minimum Gasteiger partial charge on any atom is -0.466 e. The number of hydrogen-bond acceptors (Lipinski definition) is 17. The second-order valence-electron chi connectivity index (χ2n) is 56.4. The number of aliphatic hydroxyl groups is 12. The monoisotopic (exact) mass is 1950 g/mol. The summed E-state index contributed by atoms with van der Waals surface area (Å²) in [5, 5.41) is 127. The van der Waals surface area contributed by atoms with Crippen molar-refractivity contribution in [3.63, 3.8) is 0 Å². The molecule has 12 saturated carbocycles. The molecule has 12 N–H and O–H groups in total. The second-order valence-corrected chi connectivity index (χ2v) is 56.4. The molecular formula is C123H202O17. The molecule has 0 aliphatic heterocycles. The lowest BCUT2D eigenvalue weighted by Gasteiger charge is -2.64. The Morgan fingerprint density at radius 1 is 0.350 bits per heavy atom. The highest BCUT2D eigenvalue weighted by Crippen LogP contribution is 2.74. The number of carbonyl (C=O) groups excluding carboxylic acids is 4. The van der Waals surface area contributed by atoms with Crippen molar-refractivity contribution in [1.82, 2.24) is 0 Å². The van der Waals surface area contributed by atoms with Crippen LogP contribution in [0.5, 0.6) is 0 Å². The molecule has 17 nitrogen and oxygen atoms in total. The molecule has 0 saturated heterocycles. The third kappa shape index (κ3) is 19.3. The van der Waals surface area contributed by atoms with Gasteiger partial charge in [-0.25, -0.2) is 4.79 Å². The summed E-state index contributed by atoms with van der Waals surface area (Å²) in [6, 6.07) is 0. The molecular weight excluding hydrogens is 1750 g/mol. The molecule has 0 heterocycles. The highest BCUT2D eigenvalue weighted by Gasteiger charge is 2.70. The minimum absolute atomic E-state index is 0.00792. The number of aldehydes is 2. The van der Waals surface area contributed by atoms with E-state index in [0.29, 0.717) is 108 Å². The summed E-state index contributed by atoms with van der Waals surface area (Å²) < 4.78 is 4.99. The molecule has 0 aromatic rings. The van der Waals surface area contributed by atoms with Gasteiger partial charge in [-0.1, -0.05) is 205 Å². The van der Waals surface area contributed by atoms with Crippen LogP contribution in [0, 0.1) is 187 Å². The largest absolute Gasteiger partial charge is 0.466 e. The average molecular weight is 1950 g/mol. The molecule has 35 atom stereocenters. The quantitative estimate of drug-likeness (QED) is 0.0610. The maximum Gasteiger partial charge on any atom is 0.333 e. The van der Waals surface area contributed by atoms with E-state index in [-0.39, 0.29) is 169 Å². The zero-order valence-corrected chi connectivity index (χ0v) is 92.5. The van der Waals surface area contributed by atoms with Gasteiger partial charge in [-0.3, -0.25) is 14.4 Å². The van der Waals surface area contributed by atoms with Crippen LogP contribution in [0.25, 0.3) is 0 Å². The number of ketones is 1. The maximum absolute atomic E-state index is 13.0. The van der Waals surface area contributed by atoms with Gasteiger partial charge < -0.3 is 66.0 Å². The Labute approximate surface area is 847 Å². The molecule has 17 heteroatoms. The lowest BCUT2D eigenvalue weighted by molar-refractivity contribution is -0.204. The van der Waals surface area contributed by atoms with Gasteiger partial charge in [0.1, 0.15) is 18.4 Å². The van der Waals surface area contributed by atoms with Crippen LogP contribution in [-0.4, -0.2) is 168 Å². The Balaban J connectivity index is 0.000000142. The van der Waals surface area contributed by atoms with Crippen LogP contribution < -0.4 is 0 Å². The van der Waals surface area contributed by atoms with Crippen molar-refractivity contribution in [3.05, 3.63) is 69.9 Å². The molecule has 18 aliphatic carbocycles. The molecule has 140 heavy (non-hydrogen) atoms. The van der Waals surface area contributed by atoms with Crippen LogP contribution in [0.2, 0.25) is 0 Å². The summed E-state index contributed by atoms with van der Waals surface area (Å²) in [6.45, 7) is 54.7. The van der Waals surface area contributed by atoms with Gasteiger partial charge in [-0.15, -0.1) is 0 Å². The van der Waals surface area contributed by atoms with Gasteiger partial charge in [0.05, 0.1) is 74.6 Å². The number of allylic oxidation sites excluding steroid dienone is 9. The first kappa shape index (κ1) is 114. The van der Waals surface area contributed by atoms with E-state index in [1.807, 2.05) is 6.92 Å². The summed E-state index contributed by atoms with van der Waals surface area (Å²) in [6.07, 6.45) is 48.5. The van der Waals surface area contributed by atoms with Crippen molar-refractivity contribution in [2.75, 3.05) is 33.5 Å². The fraction of sp³-hybridized carbons (Fsp3) is 0.870. The predicted octanol–water partition coefficient (Wildman–Crippen LogP) is 22.9. The number of esters is 1. The van der Waals surface area contributed by atoms with Gasteiger partial charge >= 0.3 is 5.97 Å². The third-order valence-corrected chi connectivity index (χ3v) is 48.6. The van der Waals surface area contributed by atoms with Crippen molar-refractivity contribution in [2.24, 2.45) is 187 Å². The lowest BCUT2D eigenvalue weighted by atomic mass is 9.40. The molecule has 0 bridgehead atoms. The fourth-order valence-electron chi connectivity index (χ4n) is 39.5. The summed E-state index contributed by atoms with van der Waals surface area (Å²) in [4.78, 5) is 47.9. The Morgan fingerprint density at radius 2 is 0.693 bits per heavy atom. The van der Waals surface area contributed by atoms with Gasteiger partial charge in [0.15, 0.2) is 0 Å². The lowest BCUT2D eigenvalue weighted by Crippen LogP contribution is -2.62. The van der Waals surface area contributed by atoms with Crippen LogP contribution in [0.15, 0.2) is 69.9 Å². The molecule has 18 aliphatic rings. The van der Waals surface area contributed by atoms with Crippen molar-refractivity contribution in [1.29, 1.82) is 0 Å². The average Bonchev–Trinajstić information content (AvgIpc) is 1.22. The summed E-state index contributed by atoms with van der Waals surface area (Å²) in [5.74, 6) is 7.72. The summed E-state index contributed by atoms with van der Waals surface area (Å²) in [5.41, 5.74) is 5.79. The van der Waals surface area contributed by atoms with Crippen LogP contribution in [0.4, 0.5) is 0 Å². The van der Waals surface area contributed by atoms with E-state index in [1.165, 1.54) is 31.1 Å². The van der Waals surface area contributed by atoms with Gasteiger partial charge in [0.25, 0.3) is 0 Å². The molecule has 0 radical (unpaired) electrons. The Kier molecular flexibility index (Phi) is 34.1. The van der Waals surface area contributed by atoms with Crippen molar-refractivity contribution in [3.8, 4) is 0 Å². The number of ether oxygens (including phenoxy) is 1. The standard InChI is InChI=1S/C22H36O4.C21H34O3.C21H36O3.C20H32O3.C20H32O2.C19H32O2/c1-14-12-15(19(25)26-5)6-7-17-21(4)10-9-18(24)20(2,3)16(21)8-11-22(14,17)13-23;1-14-11-15(12-22)5-6-17-20(4)9-8-18(24)19(2,3)16(20)7-10-21(14,17)13-23;1-5-14-6-7-16-20(4)10-9-17(23)19(2,3)15(20)8-11-21(16,13-22)18(24)12-14;1-13-5-6-15-19(4)9-8-16(22)18(2,3)14(19)7-10-20(15,12-21)17(23)11-13;1-13-11-14(12-21)5-7-16-15(13)6-8-17-19(2,3)18(22)9-10-20(16,17)4;1-12-5-7-14-13(15(20)11-12)6-8-16-18(2,3)17(21)9-10-19(14,16)4/h6,14,16-18,23-24H,7-13H2,1-5H3;5,12,14,16-18,23-24H,6-11,13H2,1-4H3;6,15-18,22-24H,5,7-13H2,1-4H3;5,14-16,21-22H,6-12H2,1-4H3;5,12-13,15-18,22H,6-11H2,1-4H3;5,13-17,20-21H,6-11H2,1-4H3. The minimum atomic E-state index is -0.572. The Morgan fingerprint density at radius 3 is 1.11 bits per heavy atom. The zero-order chi connectivity index (χ0) is 103. The normalized spacial score (nSPS) is 47.4. The van der Waals surface area contributed by atoms with E-state index in [4.69, 9.17) is 4.74 Å². The number of Topliss-reactive ketones (excluding diaryl/α,β-unsaturated/α-hetero) is 1. The van der Waals surface area contributed by atoms with E-state index in [0.717, 1.165) is 246 Å². The SMILES string of the molecule is CC1=CCC2C(CCC3C(C)(C)C(O)CCC23C)C(O)C1.CC1=CCC2C(CO)(CCC3C(C)(C)C(O)CCC23C)C(=O)C1.CC1CC(C=O)=CCC2C1CCC1C(C)(C)C(O)CCC21C.CC1CC(C=O)=CCC2C3(C)CCC(O)C(C)(C)C3CCC12CO.CCC1=CCC2C3(C)CCC(O)C(C)(C)C3CCC2(CO)C(O)C1.COC(=O)C1=CCC2C3(C)CCC(O)C(C)(C)C3CCC2(CO)C(C)C1. The first-order chi connectivity index (χ1) is 65.3. The highest BCUT2D eigenvalue weighted by atomic mass is 16.5. The molecule has 0 aromatic heterocycles. The predicted molar refractivity (Wildman–Crippen MR) is 559 cm³/mol. The van der Waals surface area contributed by atoms with Crippen molar-refractivity contribution in [2.45, 2.75) is 453 Å². The molecule has 0 aromatic carbocycles. The maximum atomic E-state index is 13.0. The van der Waals surface area contributed by atoms with Crippen LogP contribution in [-0.2, 0) is 23.9 Å². The summed E-state index contributed by atoms with van der Waals surface area (Å²) >= 11 is 0. The molecule has 35 unspecified atom stereocenters. The van der Waals surface area contributed by atoms with Gasteiger partial charge in [0, 0.05) is 30.6 Å². The summed E-state index contributed by atoms with van der Waals surface area (Å²) in [7, 11) is 1.44. The topological polar surface area (TPSA) is 320 Å². The zero-order valence-electron chi connectivity index (χ0n) is 92.5. The number of fused-ring (bicyclic) bond motifs is 18. The Hall–Kier alpha value is -3.56. The smallest absolute Gasteiger partial charge is 0.333 e. The van der Waals surface area contributed by atoms with Crippen LogP contribution in [0.1, 0.15) is 404 Å². The van der Waals surface area contributed by atoms with E-state index in [1.54, 1.807) is 0 Å². The molecule has 18 rings (SSSR count).